The molecule has 1 aromatic carbocycles. The Morgan fingerprint density at radius 2 is 2.29 bits per heavy atom. The van der Waals surface area contributed by atoms with Crippen molar-refractivity contribution >= 4 is 22.1 Å². The van der Waals surface area contributed by atoms with Crippen LogP contribution < -0.4 is 11.1 Å². The Hall–Kier alpha value is -1.85. The molecule has 0 saturated carbocycles. The summed E-state index contributed by atoms with van der Waals surface area (Å²) in [6.07, 6.45) is 2.06. The lowest BCUT2D eigenvalue weighted by molar-refractivity contribution is -0.0117. The van der Waals surface area contributed by atoms with Crippen molar-refractivity contribution in [2.24, 2.45) is 0 Å². The quantitative estimate of drug-likeness (QED) is 0.843. The highest BCUT2D eigenvalue weighted by Crippen LogP contribution is 2.28. The number of aromatic nitrogens is 1. The van der Waals surface area contributed by atoms with Crippen molar-refractivity contribution in [3.63, 3.8) is 0 Å². The fraction of sp³-hybridized carbons (Fsp3) is 0.438. The van der Waals surface area contributed by atoms with Gasteiger partial charge in [0.15, 0.2) is 0 Å². The number of likely N-dealkylation sites (N-methyl/N-ethyl adjacent to an activating group) is 1. The number of anilines is 2. The van der Waals surface area contributed by atoms with Gasteiger partial charge in [-0.1, -0.05) is 0 Å². The zero-order valence-electron chi connectivity index (χ0n) is 12.6. The summed E-state index contributed by atoms with van der Waals surface area (Å²) in [6, 6.07) is 6.03. The molecule has 1 aliphatic heterocycles. The summed E-state index contributed by atoms with van der Waals surface area (Å²) in [7, 11) is 2.13. The van der Waals surface area contributed by atoms with Crippen molar-refractivity contribution in [2.75, 3.05) is 44.3 Å². The Kier molecular flexibility index (Phi) is 3.94. The van der Waals surface area contributed by atoms with Crippen molar-refractivity contribution < 1.29 is 4.74 Å². The maximum absolute atomic E-state index is 6.03. The first-order chi connectivity index (χ1) is 10.1. The normalized spacial score (nSPS) is 19.8. The minimum absolute atomic E-state index is 0.222. The summed E-state index contributed by atoms with van der Waals surface area (Å²) < 4.78 is 5.79. The minimum atomic E-state index is 0.222. The highest BCUT2D eigenvalue weighted by atomic mass is 16.5. The van der Waals surface area contributed by atoms with Crippen LogP contribution in [0.1, 0.15) is 5.69 Å². The van der Waals surface area contributed by atoms with Crippen molar-refractivity contribution in [3.8, 4) is 0 Å². The van der Waals surface area contributed by atoms with Gasteiger partial charge in [0.05, 0.1) is 12.7 Å². The van der Waals surface area contributed by atoms with E-state index in [4.69, 9.17) is 10.5 Å². The molecule has 5 nitrogen and oxygen atoms in total. The van der Waals surface area contributed by atoms with Crippen molar-refractivity contribution in [1.29, 1.82) is 0 Å². The number of rotatable bonds is 3. The third-order valence-electron chi connectivity index (χ3n) is 3.93. The first-order valence-electron chi connectivity index (χ1n) is 7.32. The number of nitrogens with two attached hydrogens (primary N) is 1. The maximum Gasteiger partial charge on any atom is 0.0874 e. The molecular weight excluding hydrogens is 264 g/mol. The van der Waals surface area contributed by atoms with Crippen LogP contribution in [-0.4, -0.2) is 49.3 Å². The van der Waals surface area contributed by atoms with Crippen molar-refractivity contribution in [2.45, 2.75) is 13.0 Å². The van der Waals surface area contributed by atoms with E-state index in [1.807, 2.05) is 25.3 Å². The zero-order chi connectivity index (χ0) is 14.8. The summed E-state index contributed by atoms with van der Waals surface area (Å²) in [4.78, 5) is 6.63. The van der Waals surface area contributed by atoms with Gasteiger partial charge in [0.25, 0.3) is 0 Å². The molecule has 1 saturated heterocycles. The number of ether oxygens (including phenoxy) is 1. The predicted octanol–water partition coefficient (Wildman–Crippen LogP) is 1.87. The molecule has 0 spiro atoms. The summed E-state index contributed by atoms with van der Waals surface area (Å²) in [6.45, 7) is 5.55. The molecule has 0 bridgehead atoms. The van der Waals surface area contributed by atoms with Gasteiger partial charge in [-0.2, -0.15) is 0 Å². The van der Waals surface area contributed by atoms with E-state index in [2.05, 4.69) is 28.3 Å². The monoisotopic (exact) mass is 286 g/mol. The number of nitrogens with zero attached hydrogens (tertiary/aromatic N) is 2. The zero-order valence-corrected chi connectivity index (χ0v) is 12.6. The second-order valence-electron chi connectivity index (χ2n) is 5.71. The van der Waals surface area contributed by atoms with Gasteiger partial charge in [-0.05, 0) is 32.2 Å². The molecule has 2 aromatic rings. The summed E-state index contributed by atoms with van der Waals surface area (Å²) in [5, 5.41) is 5.61. The van der Waals surface area contributed by atoms with E-state index in [0.717, 1.165) is 54.1 Å². The molecule has 5 heteroatoms. The minimum Gasteiger partial charge on any atom is -0.398 e. The van der Waals surface area contributed by atoms with Crippen LogP contribution in [0.2, 0.25) is 0 Å². The van der Waals surface area contributed by atoms with E-state index >= 15 is 0 Å². The van der Waals surface area contributed by atoms with Crippen molar-refractivity contribution in [3.05, 3.63) is 30.1 Å². The van der Waals surface area contributed by atoms with Gasteiger partial charge in [-0.25, -0.2) is 0 Å². The lowest BCUT2D eigenvalue weighted by Crippen LogP contribution is -2.43. The molecule has 1 atom stereocenters. The smallest absolute Gasteiger partial charge is 0.0874 e. The first kappa shape index (κ1) is 14.1. The highest BCUT2D eigenvalue weighted by molar-refractivity contribution is 6.00. The molecule has 0 amide bonds. The number of benzene rings is 1. The predicted molar refractivity (Wildman–Crippen MR) is 86.6 cm³/mol. The van der Waals surface area contributed by atoms with Gasteiger partial charge < -0.3 is 20.7 Å². The van der Waals surface area contributed by atoms with Crippen LogP contribution in [-0.2, 0) is 4.74 Å². The van der Waals surface area contributed by atoms with E-state index in [1.165, 1.54) is 0 Å². The molecule has 0 radical (unpaired) electrons. The summed E-state index contributed by atoms with van der Waals surface area (Å²) in [5.74, 6) is 0. The molecule has 1 unspecified atom stereocenters. The van der Waals surface area contributed by atoms with E-state index in [1.54, 1.807) is 0 Å². The third kappa shape index (κ3) is 3.09. The number of morpholine rings is 1. The molecule has 1 aromatic heterocycles. The van der Waals surface area contributed by atoms with Crippen LogP contribution in [0.5, 0.6) is 0 Å². The summed E-state index contributed by atoms with van der Waals surface area (Å²) >= 11 is 0. The average Bonchev–Trinajstić information content (AvgIpc) is 2.46. The number of pyridine rings is 1. The van der Waals surface area contributed by atoms with E-state index in [0.29, 0.717) is 0 Å². The topological polar surface area (TPSA) is 63.4 Å². The van der Waals surface area contributed by atoms with Crippen LogP contribution in [0.15, 0.2) is 24.4 Å². The highest BCUT2D eigenvalue weighted by Gasteiger charge is 2.17. The van der Waals surface area contributed by atoms with Gasteiger partial charge in [0.2, 0.25) is 0 Å². The fourth-order valence-corrected chi connectivity index (χ4v) is 2.73. The number of hydrogen-bond donors (Lipinski definition) is 2. The molecule has 3 N–H and O–H groups in total. The Balaban J connectivity index is 1.80. The Labute approximate surface area is 125 Å². The molecule has 1 aliphatic rings. The summed E-state index contributed by atoms with van der Waals surface area (Å²) in [5.41, 5.74) is 8.87. The molecule has 2 heterocycles. The van der Waals surface area contributed by atoms with Gasteiger partial charge in [-0.3, -0.25) is 4.98 Å². The van der Waals surface area contributed by atoms with Gasteiger partial charge in [0, 0.05) is 53.7 Å². The van der Waals surface area contributed by atoms with Crippen LogP contribution in [0.4, 0.5) is 11.4 Å². The molecule has 0 aliphatic carbocycles. The lowest BCUT2D eigenvalue weighted by Gasteiger charge is -2.30. The molecule has 21 heavy (non-hydrogen) atoms. The third-order valence-corrected chi connectivity index (χ3v) is 3.93. The van der Waals surface area contributed by atoms with E-state index in [-0.39, 0.29) is 6.10 Å². The molecule has 112 valence electrons. The Bertz CT molecular complexity index is 643. The van der Waals surface area contributed by atoms with Crippen molar-refractivity contribution in [1.82, 2.24) is 9.88 Å². The number of fused-ring (bicyclic) bond motifs is 1. The molecular formula is C16H22N4O. The van der Waals surface area contributed by atoms with Crippen LogP contribution in [0.25, 0.3) is 10.8 Å². The molecule has 3 rings (SSSR count). The van der Waals surface area contributed by atoms with Gasteiger partial charge in [0.1, 0.15) is 0 Å². The largest absolute Gasteiger partial charge is 0.398 e. The number of nitrogen functional groups attached to an aromatic ring is 1. The van der Waals surface area contributed by atoms with E-state index < -0.39 is 0 Å². The van der Waals surface area contributed by atoms with Gasteiger partial charge in [-0.15, -0.1) is 0 Å². The standard InChI is InChI=1S/C16H22N4O/c1-11-7-13-14(9-18-11)15(17)3-4-16(13)19-8-12-10-20(2)5-6-21-12/h3-4,7,9,12,19H,5-6,8,10,17H2,1-2H3. The second-order valence-corrected chi connectivity index (χ2v) is 5.71. The molecule has 1 fully saturated rings. The average molecular weight is 286 g/mol. The van der Waals surface area contributed by atoms with Crippen LogP contribution in [0, 0.1) is 6.92 Å². The number of aryl methyl sites for hydroxylation is 1. The lowest BCUT2D eigenvalue weighted by atomic mass is 10.1. The second kappa shape index (κ2) is 5.87. The van der Waals surface area contributed by atoms with E-state index in [9.17, 15) is 0 Å². The van der Waals surface area contributed by atoms with Gasteiger partial charge >= 0.3 is 0 Å². The Morgan fingerprint density at radius 1 is 1.43 bits per heavy atom. The van der Waals surface area contributed by atoms with Crippen LogP contribution in [0.3, 0.4) is 0 Å². The first-order valence-corrected chi connectivity index (χ1v) is 7.32. The number of hydrogen-bond acceptors (Lipinski definition) is 5. The Morgan fingerprint density at radius 3 is 3.10 bits per heavy atom. The number of nitrogens with one attached hydrogen (secondary N) is 1. The van der Waals surface area contributed by atoms with Crippen LogP contribution >= 0.6 is 0 Å². The maximum atomic E-state index is 6.03. The fourth-order valence-electron chi connectivity index (χ4n) is 2.73. The SMILES string of the molecule is Cc1cc2c(NCC3CN(C)CCO3)ccc(N)c2cn1.